The van der Waals surface area contributed by atoms with Crippen molar-refractivity contribution in [3.05, 3.63) is 77.7 Å². The van der Waals surface area contributed by atoms with Gasteiger partial charge in [0.1, 0.15) is 11.3 Å². The Morgan fingerprint density at radius 1 is 1.04 bits per heavy atom. The Labute approximate surface area is 162 Å². The van der Waals surface area contributed by atoms with Crippen LogP contribution in [0.4, 0.5) is 0 Å². The minimum Gasteiger partial charge on any atom is -0.352 e. The van der Waals surface area contributed by atoms with E-state index in [9.17, 15) is 4.79 Å². The van der Waals surface area contributed by atoms with Crippen molar-refractivity contribution in [3.63, 3.8) is 0 Å². The highest BCUT2D eigenvalue weighted by atomic mass is 16.1. The molecule has 4 N–H and O–H groups in total. The van der Waals surface area contributed by atoms with Gasteiger partial charge in [0.15, 0.2) is 5.65 Å². The first-order valence-corrected chi connectivity index (χ1v) is 9.07. The average molecular weight is 372 g/mol. The summed E-state index contributed by atoms with van der Waals surface area (Å²) in [5, 5.41) is 2.95. The largest absolute Gasteiger partial charge is 0.352 e. The second kappa shape index (κ2) is 7.98. The highest BCUT2D eigenvalue weighted by Gasteiger charge is 2.15. The zero-order valence-corrected chi connectivity index (χ0v) is 15.2. The quantitative estimate of drug-likeness (QED) is 0.482. The van der Waals surface area contributed by atoms with Crippen LogP contribution in [-0.4, -0.2) is 32.4 Å². The Morgan fingerprint density at radius 2 is 1.89 bits per heavy atom. The molecule has 4 rings (SSSR count). The number of benzene rings is 1. The number of rotatable bonds is 6. The molecule has 7 nitrogen and oxygen atoms in total. The summed E-state index contributed by atoms with van der Waals surface area (Å²) in [6, 6.07) is 15.3. The molecule has 3 aromatic heterocycles. The molecular weight excluding hydrogens is 352 g/mol. The van der Waals surface area contributed by atoms with Crippen molar-refractivity contribution in [1.82, 2.24) is 25.3 Å². The maximum absolute atomic E-state index is 12.7. The van der Waals surface area contributed by atoms with Crippen LogP contribution in [-0.2, 0) is 13.0 Å². The van der Waals surface area contributed by atoms with Gasteiger partial charge in [0, 0.05) is 31.0 Å². The molecule has 0 fully saturated rings. The summed E-state index contributed by atoms with van der Waals surface area (Å²) in [4.78, 5) is 29.1. The van der Waals surface area contributed by atoms with Crippen molar-refractivity contribution in [2.24, 2.45) is 5.73 Å². The highest BCUT2D eigenvalue weighted by Crippen LogP contribution is 2.21. The molecule has 28 heavy (non-hydrogen) atoms. The first-order chi connectivity index (χ1) is 13.8. The lowest BCUT2D eigenvalue weighted by molar-refractivity contribution is 0.0955. The molecule has 0 spiro atoms. The number of pyridine rings is 2. The van der Waals surface area contributed by atoms with E-state index in [0.29, 0.717) is 42.1 Å². The van der Waals surface area contributed by atoms with Crippen molar-refractivity contribution in [3.8, 4) is 11.4 Å². The van der Waals surface area contributed by atoms with E-state index in [4.69, 9.17) is 5.73 Å². The number of carbonyl (C=O) groups excluding carboxylic acids is 1. The van der Waals surface area contributed by atoms with Crippen LogP contribution >= 0.6 is 0 Å². The van der Waals surface area contributed by atoms with Gasteiger partial charge in [0.25, 0.3) is 5.91 Å². The molecule has 0 aliphatic carbocycles. The Morgan fingerprint density at radius 3 is 2.71 bits per heavy atom. The number of hydrogen-bond acceptors (Lipinski definition) is 5. The van der Waals surface area contributed by atoms with Gasteiger partial charge in [-0.3, -0.25) is 9.78 Å². The van der Waals surface area contributed by atoms with Gasteiger partial charge in [-0.15, -0.1) is 0 Å². The van der Waals surface area contributed by atoms with Crippen molar-refractivity contribution >= 4 is 17.1 Å². The number of nitrogens with zero attached hydrogens (tertiary/aromatic N) is 3. The van der Waals surface area contributed by atoms with Crippen molar-refractivity contribution in [2.75, 3.05) is 6.54 Å². The van der Waals surface area contributed by atoms with Crippen molar-refractivity contribution in [2.45, 2.75) is 13.0 Å². The molecule has 3 heterocycles. The molecule has 7 heteroatoms. The second-order valence-electron chi connectivity index (χ2n) is 6.33. The van der Waals surface area contributed by atoms with Crippen LogP contribution < -0.4 is 11.1 Å². The van der Waals surface area contributed by atoms with Crippen LogP contribution in [0.2, 0.25) is 0 Å². The smallest absolute Gasteiger partial charge is 0.253 e. The van der Waals surface area contributed by atoms with Gasteiger partial charge in [-0.2, -0.15) is 0 Å². The average Bonchev–Trinajstić information content (AvgIpc) is 3.19. The lowest BCUT2D eigenvalue weighted by Crippen LogP contribution is -2.26. The number of imidazole rings is 1. The van der Waals surface area contributed by atoms with Gasteiger partial charge in [-0.1, -0.05) is 36.4 Å². The maximum Gasteiger partial charge on any atom is 0.253 e. The van der Waals surface area contributed by atoms with E-state index < -0.39 is 0 Å². The van der Waals surface area contributed by atoms with Gasteiger partial charge in [0.2, 0.25) is 0 Å². The van der Waals surface area contributed by atoms with E-state index >= 15 is 0 Å². The fraction of sp³-hybridized carbons (Fsp3) is 0.143. The van der Waals surface area contributed by atoms with Gasteiger partial charge in [-0.05, 0) is 24.1 Å². The van der Waals surface area contributed by atoms with Gasteiger partial charge < -0.3 is 16.0 Å². The summed E-state index contributed by atoms with van der Waals surface area (Å²) >= 11 is 0. The summed E-state index contributed by atoms with van der Waals surface area (Å²) in [5.74, 6) is 0.503. The van der Waals surface area contributed by atoms with E-state index in [1.807, 2.05) is 42.5 Å². The van der Waals surface area contributed by atoms with Crippen LogP contribution in [0.5, 0.6) is 0 Å². The fourth-order valence-corrected chi connectivity index (χ4v) is 3.12. The molecule has 0 bridgehead atoms. The van der Waals surface area contributed by atoms with E-state index in [2.05, 4.69) is 25.3 Å². The van der Waals surface area contributed by atoms with E-state index in [1.54, 1.807) is 18.5 Å². The first kappa shape index (κ1) is 17.8. The standard InChI is InChI=1S/C21H20N6O/c22-13-17-14(7-4-10-23-17)8-11-25-21(28)16-9-12-24-20-18(16)26-19(27-20)15-5-2-1-3-6-15/h1-7,9-10,12H,8,11,13,22H2,(H,25,28)(H,24,26,27). The topological polar surface area (TPSA) is 110 Å². The molecule has 0 radical (unpaired) electrons. The SMILES string of the molecule is NCc1ncccc1CCNC(=O)c1ccnc2[nH]c(-c3ccccc3)nc12. The fourth-order valence-electron chi connectivity index (χ4n) is 3.12. The molecule has 4 aromatic rings. The molecule has 1 aromatic carbocycles. The van der Waals surface area contributed by atoms with Crippen LogP contribution in [0.25, 0.3) is 22.6 Å². The number of amides is 1. The zero-order chi connectivity index (χ0) is 19.3. The van der Waals surface area contributed by atoms with Gasteiger partial charge in [0.05, 0.1) is 11.3 Å². The predicted octanol–water partition coefficient (Wildman–Crippen LogP) is 2.45. The third-order valence-electron chi connectivity index (χ3n) is 4.53. The number of carbonyl (C=O) groups is 1. The number of hydrogen-bond donors (Lipinski definition) is 3. The van der Waals surface area contributed by atoms with E-state index in [1.165, 1.54) is 0 Å². The van der Waals surface area contributed by atoms with Crippen LogP contribution in [0, 0.1) is 0 Å². The molecular formula is C21H20N6O. The Hall–Kier alpha value is -3.58. The van der Waals surface area contributed by atoms with Crippen molar-refractivity contribution in [1.29, 1.82) is 0 Å². The van der Waals surface area contributed by atoms with E-state index in [-0.39, 0.29) is 5.91 Å². The second-order valence-corrected chi connectivity index (χ2v) is 6.33. The predicted molar refractivity (Wildman–Crippen MR) is 107 cm³/mol. The van der Waals surface area contributed by atoms with Crippen LogP contribution in [0.1, 0.15) is 21.6 Å². The summed E-state index contributed by atoms with van der Waals surface area (Å²) in [7, 11) is 0. The Kier molecular flexibility index (Phi) is 5.07. The Bertz CT molecular complexity index is 1110. The number of H-pyrrole nitrogens is 1. The maximum atomic E-state index is 12.7. The molecule has 140 valence electrons. The van der Waals surface area contributed by atoms with Crippen molar-refractivity contribution < 1.29 is 4.79 Å². The zero-order valence-electron chi connectivity index (χ0n) is 15.2. The molecule has 0 aliphatic rings. The number of nitrogens with two attached hydrogens (primary N) is 1. The molecule has 0 aliphatic heterocycles. The number of aromatic nitrogens is 4. The minimum atomic E-state index is -0.184. The summed E-state index contributed by atoms with van der Waals surface area (Å²) in [5.41, 5.74) is 10.2. The number of nitrogens with one attached hydrogen (secondary N) is 2. The van der Waals surface area contributed by atoms with E-state index in [0.717, 1.165) is 16.8 Å². The lowest BCUT2D eigenvalue weighted by atomic mass is 10.1. The number of fused-ring (bicyclic) bond motifs is 1. The van der Waals surface area contributed by atoms with Gasteiger partial charge >= 0.3 is 0 Å². The lowest BCUT2D eigenvalue weighted by Gasteiger charge is -2.08. The summed E-state index contributed by atoms with van der Waals surface area (Å²) < 4.78 is 0. The Balaban J connectivity index is 1.52. The molecule has 0 unspecified atom stereocenters. The molecule has 0 atom stereocenters. The highest BCUT2D eigenvalue weighted by molar-refractivity contribution is 6.04. The third kappa shape index (κ3) is 3.60. The number of aromatic amines is 1. The molecule has 1 amide bonds. The van der Waals surface area contributed by atoms with Gasteiger partial charge in [-0.25, -0.2) is 9.97 Å². The summed E-state index contributed by atoms with van der Waals surface area (Å²) in [6.45, 7) is 0.863. The monoisotopic (exact) mass is 372 g/mol. The third-order valence-corrected chi connectivity index (χ3v) is 4.53. The first-order valence-electron chi connectivity index (χ1n) is 9.07. The van der Waals surface area contributed by atoms with Crippen LogP contribution in [0.15, 0.2) is 60.9 Å². The minimum absolute atomic E-state index is 0.184. The molecule has 0 saturated carbocycles. The van der Waals surface area contributed by atoms with Crippen LogP contribution in [0.3, 0.4) is 0 Å². The molecule has 0 saturated heterocycles. The normalized spacial score (nSPS) is 10.9. The summed E-state index contributed by atoms with van der Waals surface area (Å²) in [6.07, 6.45) is 3.99.